The first-order valence-electron chi connectivity index (χ1n) is 7.42. The van der Waals surface area contributed by atoms with E-state index in [4.69, 9.17) is 9.47 Å². The van der Waals surface area contributed by atoms with Gasteiger partial charge in [0.25, 0.3) is 0 Å². The van der Waals surface area contributed by atoms with Crippen LogP contribution in [0.2, 0.25) is 0 Å². The van der Waals surface area contributed by atoms with E-state index in [0.717, 1.165) is 37.7 Å². The molecule has 0 spiro atoms. The van der Waals surface area contributed by atoms with Crippen LogP contribution in [0.4, 0.5) is 0 Å². The predicted octanol–water partition coefficient (Wildman–Crippen LogP) is 3.54. The quantitative estimate of drug-likeness (QED) is 0.934. The van der Waals surface area contributed by atoms with Gasteiger partial charge in [-0.2, -0.15) is 0 Å². The minimum absolute atomic E-state index is 0.719. The van der Waals surface area contributed by atoms with Crippen molar-refractivity contribution >= 4 is 0 Å². The van der Waals surface area contributed by atoms with Crippen LogP contribution < -0.4 is 14.8 Å². The fourth-order valence-corrected chi connectivity index (χ4v) is 2.69. The lowest BCUT2D eigenvalue weighted by molar-refractivity contribution is 0.297. The molecular formula is C18H21NO2. The summed E-state index contributed by atoms with van der Waals surface area (Å²) in [5.41, 5.74) is 4.99. The van der Waals surface area contributed by atoms with Crippen molar-refractivity contribution in [2.45, 2.75) is 19.9 Å². The van der Waals surface area contributed by atoms with E-state index in [-0.39, 0.29) is 0 Å². The molecule has 0 radical (unpaired) electrons. The first-order valence-corrected chi connectivity index (χ1v) is 7.42. The summed E-state index contributed by atoms with van der Waals surface area (Å²) < 4.78 is 11.5. The highest BCUT2D eigenvalue weighted by Crippen LogP contribution is 2.35. The normalized spacial score (nSPS) is 13.8. The molecule has 0 saturated carbocycles. The number of aryl methyl sites for hydroxylation is 1. The predicted molar refractivity (Wildman–Crippen MR) is 85.0 cm³/mol. The Hall–Kier alpha value is -2.00. The number of nitrogens with one attached hydrogen (secondary N) is 1. The third-order valence-electron chi connectivity index (χ3n) is 3.73. The van der Waals surface area contributed by atoms with E-state index < -0.39 is 0 Å². The van der Waals surface area contributed by atoms with Crippen LogP contribution in [0.3, 0.4) is 0 Å². The summed E-state index contributed by atoms with van der Waals surface area (Å²) in [5, 5.41) is 3.18. The highest BCUT2D eigenvalue weighted by atomic mass is 16.5. The largest absolute Gasteiger partial charge is 0.490 e. The summed E-state index contributed by atoms with van der Waals surface area (Å²) in [6.45, 7) is 4.49. The molecule has 3 heteroatoms. The van der Waals surface area contributed by atoms with Crippen molar-refractivity contribution in [2.24, 2.45) is 0 Å². The monoisotopic (exact) mass is 283 g/mol. The molecule has 3 nitrogen and oxygen atoms in total. The second kappa shape index (κ2) is 6.19. The minimum Gasteiger partial charge on any atom is -0.490 e. The molecule has 3 rings (SSSR count). The van der Waals surface area contributed by atoms with Gasteiger partial charge < -0.3 is 14.8 Å². The van der Waals surface area contributed by atoms with Crippen LogP contribution in [-0.4, -0.2) is 20.3 Å². The Morgan fingerprint density at radius 1 is 1.00 bits per heavy atom. The average Bonchev–Trinajstić information content (AvgIpc) is 2.72. The van der Waals surface area contributed by atoms with Crippen molar-refractivity contribution in [3.63, 3.8) is 0 Å². The van der Waals surface area contributed by atoms with Gasteiger partial charge in [-0.25, -0.2) is 0 Å². The molecule has 110 valence electrons. The summed E-state index contributed by atoms with van der Waals surface area (Å²) in [7, 11) is 1.97. The molecule has 0 amide bonds. The number of benzene rings is 2. The van der Waals surface area contributed by atoms with Crippen LogP contribution >= 0.6 is 0 Å². The molecule has 1 N–H and O–H groups in total. The van der Waals surface area contributed by atoms with Gasteiger partial charge in [-0.15, -0.1) is 0 Å². The number of ether oxygens (including phenoxy) is 2. The Labute approximate surface area is 125 Å². The van der Waals surface area contributed by atoms with Crippen LogP contribution in [0.5, 0.6) is 11.5 Å². The third kappa shape index (κ3) is 3.03. The summed E-state index contributed by atoms with van der Waals surface area (Å²) >= 11 is 0. The second-order valence-corrected chi connectivity index (χ2v) is 5.39. The maximum absolute atomic E-state index is 5.78. The summed E-state index contributed by atoms with van der Waals surface area (Å²) in [6.07, 6.45) is 0.932. The standard InChI is InChI=1S/C18H21NO2/c1-13-10-14(12-19-2)4-6-16(13)15-5-7-17-18(11-15)21-9-3-8-20-17/h4-7,10-11,19H,3,8-9,12H2,1-2H3. The van der Waals surface area contributed by atoms with E-state index in [9.17, 15) is 0 Å². The Kier molecular flexibility index (Phi) is 4.11. The SMILES string of the molecule is CNCc1ccc(-c2ccc3c(c2)OCCCO3)c(C)c1. The fraction of sp³-hybridized carbons (Fsp3) is 0.333. The molecule has 0 saturated heterocycles. The number of hydrogen-bond donors (Lipinski definition) is 1. The molecule has 2 aromatic carbocycles. The minimum atomic E-state index is 0.719. The van der Waals surface area contributed by atoms with Gasteiger partial charge in [-0.05, 0) is 48.4 Å². The Bertz CT molecular complexity index is 637. The molecule has 1 aliphatic rings. The zero-order chi connectivity index (χ0) is 14.7. The number of rotatable bonds is 3. The van der Waals surface area contributed by atoms with Crippen LogP contribution in [-0.2, 0) is 6.54 Å². The second-order valence-electron chi connectivity index (χ2n) is 5.39. The van der Waals surface area contributed by atoms with Crippen molar-refractivity contribution in [3.05, 3.63) is 47.5 Å². The molecular weight excluding hydrogens is 262 g/mol. The van der Waals surface area contributed by atoms with Crippen molar-refractivity contribution in [1.82, 2.24) is 5.32 Å². The van der Waals surface area contributed by atoms with Crippen molar-refractivity contribution < 1.29 is 9.47 Å². The first-order chi connectivity index (χ1) is 10.3. The van der Waals surface area contributed by atoms with E-state index in [0.29, 0.717) is 0 Å². The van der Waals surface area contributed by atoms with Crippen molar-refractivity contribution in [3.8, 4) is 22.6 Å². The van der Waals surface area contributed by atoms with E-state index in [1.165, 1.54) is 22.3 Å². The lowest BCUT2D eigenvalue weighted by atomic mass is 9.98. The van der Waals surface area contributed by atoms with Gasteiger partial charge in [0.2, 0.25) is 0 Å². The molecule has 2 aromatic rings. The summed E-state index contributed by atoms with van der Waals surface area (Å²) in [5.74, 6) is 1.70. The topological polar surface area (TPSA) is 30.5 Å². The summed E-state index contributed by atoms with van der Waals surface area (Å²) in [4.78, 5) is 0. The molecule has 21 heavy (non-hydrogen) atoms. The first kappa shape index (κ1) is 14.0. The average molecular weight is 283 g/mol. The van der Waals surface area contributed by atoms with Gasteiger partial charge in [0.1, 0.15) is 0 Å². The van der Waals surface area contributed by atoms with E-state index in [1.807, 2.05) is 13.1 Å². The Balaban J connectivity index is 1.95. The maximum Gasteiger partial charge on any atom is 0.161 e. The molecule has 0 atom stereocenters. The zero-order valence-electron chi connectivity index (χ0n) is 12.6. The van der Waals surface area contributed by atoms with E-state index >= 15 is 0 Å². The Morgan fingerprint density at radius 3 is 2.57 bits per heavy atom. The van der Waals surface area contributed by atoms with Crippen LogP contribution in [0.15, 0.2) is 36.4 Å². The van der Waals surface area contributed by atoms with Crippen molar-refractivity contribution in [2.75, 3.05) is 20.3 Å². The summed E-state index contributed by atoms with van der Waals surface area (Å²) in [6, 6.07) is 12.8. The lowest BCUT2D eigenvalue weighted by Crippen LogP contribution is -2.05. The van der Waals surface area contributed by atoms with Gasteiger partial charge in [0.05, 0.1) is 13.2 Å². The number of fused-ring (bicyclic) bond motifs is 1. The van der Waals surface area contributed by atoms with Gasteiger partial charge in [0.15, 0.2) is 11.5 Å². The molecule has 1 heterocycles. The van der Waals surface area contributed by atoms with E-state index in [2.05, 4.69) is 42.6 Å². The van der Waals surface area contributed by atoms with E-state index in [1.54, 1.807) is 0 Å². The molecule has 0 bridgehead atoms. The fourth-order valence-electron chi connectivity index (χ4n) is 2.69. The Morgan fingerprint density at radius 2 is 1.81 bits per heavy atom. The molecule has 0 unspecified atom stereocenters. The molecule has 0 aromatic heterocycles. The molecule has 0 aliphatic carbocycles. The zero-order valence-corrected chi connectivity index (χ0v) is 12.6. The van der Waals surface area contributed by atoms with Crippen molar-refractivity contribution in [1.29, 1.82) is 0 Å². The number of hydrogen-bond acceptors (Lipinski definition) is 3. The molecule has 1 aliphatic heterocycles. The maximum atomic E-state index is 5.78. The highest BCUT2D eigenvalue weighted by molar-refractivity contribution is 5.70. The van der Waals surface area contributed by atoms with Gasteiger partial charge in [0, 0.05) is 13.0 Å². The van der Waals surface area contributed by atoms with Gasteiger partial charge in [-0.3, -0.25) is 0 Å². The third-order valence-corrected chi connectivity index (χ3v) is 3.73. The molecule has 0 fully saturated rings. The van der Waals surface area contributed by atoms with Gasteiger partial charge in [-0.1, -0.05) is 24.3 Å². The van der Waals surface area contributed by atoms with Crippen LogP contribution in [0.25, 0.3) is 11.1 Å². The van der Waals surface area contributed by atoms with Crippen LogP contribution in [0, 0.1) is 6.92 Å². The smallest absolute Gasteiger partial charge is 0.161 e. The lowest BCUT2D eigenvalue weighted by Gasteiger charge is -2.12. The highest BCUT2D eigenvalue weighted by Gasteiger charge is 2.12. The van der Waals surface area contributed by atoms with Crippen LogP contribution in [0.1, 0.15) is 17.5 Å². The van der Waals surface area contributed by atoms with Gasteiger partial charge >= 0.3 is 0 Å².